The minimum absolute atomic E-state index is 0.278. The fourth-order valence-corrected chi connectivity index (χ4v) is 4.02. The zero-order valence-electron chi connectivity index (χ0n) is 17.3. The predicted octanol–water partition coefficient (Wildman–Crippen LogP) is 4.31. The third-order valence-corrected chi connectivity index (χ3v) is 5.40. The average molecular weight is 392 g/mol. The van der Waals surface area contributed by atoms with Crippen LogP contribution in [-0.4, -0.2) is 34.2 Å². The van der Waals surface area contributed by atoms with E-state index in [-0.39, 0.29) is 6.10 Å². The van der Waals surface area contributed by atoms with Gasteiger partial charge in [-0.1, -0.05) is 30.3 Å². The Labute approximate surface area is 172 Å². The van der Waals surface area contributed by atoms with E-state index in [2.05, 4.69) is 51.7 Å². The summed E-state index contributed by atoms with van der Waals surface area (Å²) in [4.78, 5) is 6.63. The van der Waals surface area contributed by atoms with Crippen LogP contribution >= 0.6 is 0 Å². The van der Waals surface area contributed by atoms with Crippen LogP contribution in [0, 0.1) is 0 Å². The molecule has 4 rings (SSSR count). The first-order valence-corrected chi connectivity index (χ1v) is 10.3. The molecule has 0 radical (unpaired) electrons. The molecule has 0 saturated carbocycles. The van der Waals surface area contributed by atoms with E-state index >= 15 is 0 Å². The summed E-state index contributed by atoms with van der Waals surface area (Å²) >= 11 is 0. The first-order valence-electron chi connectivity index (χ1n) is 10.3. The Hall–Kier alpha value is -2.79. The van der Waals surface area contributed by atoms with Crippen LogP contribution in [0.25, 0.3) is 0 Å². The highest BCUT2D eigenvalue weighted by Crippen LogP contribution is 2.30. The zero-order valence-corrected chi connectivity index (χ0v) is 17.3. The molecule has 152 valence electrons. The van der Waals surface area contributed by atoms with Gasteiger partial charge in [0, 0.05) is 50.6 Å². The lowest BCUT2D eigenvalue weighted by Crippen LogP contribution is -2.25. The van der Waals surface area contributed by atoms with Crippen LogP contribution in [-0.2, 0) is 26.1 Å². The predicted molar refractivity (Wildman–Crippen MR) is 114 cm³/mol. The van der Waals surface area contributed by atoms with Gasteiger partial charge >= 0.3 is 0 Å². The maximum Gasteiger partial charge on any atom is 0.123 e. The number of hydrogen-bond acceptors (Lipinski definition) is 4. The van der Waals surface area contributed by atoms with E-state index in [9.17, 15) is 0 Å². The van der Waals surface area contributed by atoms with E-state index in [1.807, 2.05) is 30.9 Å². The fraction of sp³-hybridized carbons (Fsp3) is 0.375. The number of aromatic nitrogens is 2. The Balaban J connectivity index is 1.47. The molecule has 1 atom stereocenters. The summed E-state index contributed by atoms with van der Waals surface area (Å²) in [5.41, 5.74) is 3.88. The second-order valence-corrected chi connectivity index (χ2v) is 7.75. The number of benzene rings is 2. The van der Waals surface area contributed by atoms with Crippen molar-refractivity contribution in [1.82, 2.24) is 14.5 Å². The number of ether oxygens (including phenoxy) is 2. The van der Waals surface area contributed by atoms with Crippen molar-refractivity contribution in [2.45, 2.75) is 45.5 Å². The molecule has 2 heterocycles. The van der Waals surface area contributed by atoms with Gasteiger partial charge in [0.2, 0.25) is 0 Å². The first kappa shape index (κ1) is 19.5. The summed E-state index contributed by atoms with van der Waals surface area (Å²) in [6.45, 7) is 5.86. The minimum Gasteiger partial charge on any atom is -0.496 e. The number of rotatable bonds is 9. The largest absolute Gasteiger partial charge is 0.496 e. The molecule has 29 heavy (non-hydrogen) atoms. The lowest BCUT2D eigenvalue weighted by atomic mass is 10.1. The molecule has 0 saturated heterocycles. The van der Waals surface area contributed by atoms with Crippen molar-refractivity contribution in [3.8, 4) is 11.5 Å². The number of methoxy groups -OCH3 is 1. The van der Waals surface area contributed by atoms with Crippen molar-refractivity contribution in [2.24, 2.45) is 0 Å². The summed E-state index contributed by atoms with van der Waals surface area (Å²) in [6.07, 6.45) is 8.08. The molecule has 0 aliphatic carbocycles. The van der Waals surface area contributed by atoms with Gasteiger partial charge < -0.3 is 14.0 Å². The average Bonchev–Trinajstić information content (AvgIpc) is 3.36. The van der Waals surface area contributed by atoms with Crippen molar-refractivity contribution in [1.29, 1.82) is 0 Å². The molecular weight excluding hydrogens is 362 g/mol. The third kappa shape index (κ3) is 4.98. The summed E-state index contributed by atoms with van der Waals surface area (Å²) < 4.78 is 13.6. The normalized spacial score (nSPS) is 15.3. The number of hydrogen-bond donors (Lipinski definition) is 0. The molecule has 0 N–H and O–H groups in total. The molecule has 0 unspecified atom stereocenters. The quantitative estimate of drug-likeness (QED) is 0.545. The van der Waals surface area contributed by atoms with Crippen LogP contribution < -0.4 is 9.47 Å². The van der Waals surface area contributed by atoms with Crippen LogP contribution in [0.5, 0.6) is 11.5 Å². The van der Waals surface area contributed by atoms with Gasteiger partial charge in [0.15, 0.2) is 0 Å². The molecule has 0 amide bonds. The molecular formula is C24H29N3O2. The van der Waals surface area contributed by atoms with E-state index in [4.69, 9.17) is 9.47 Å². The highest BCUT2D eigenvalue weighted by Gasteiger charge is 2.19. The van der Waals surface area contributed by atoms with Crippen LogP contribution in [0.2, 0.25) is 0 Å². The van der Waals surface area contributed by atoms with Gasteiger partial charge in [-0.2, -0.15) is 0 Å². The van der Waals surface area contributed by atoms with Gasteiger partial charge in [-0.3, -0.25) is 4.90 Å². The molecule has 5 heteroatoms. The molecule has 5 nitrogen and oxygen atoms in total. The highest BCUT2D eigenvalue weighted by atomic mass is 16.5. The van der Waals surface area contributed by atoms with Crippen molar-refractivity contribution >= 4 is 0 Å². The lowest BCUT2D eigenvalue weighted by molar-refractivity contribution is 0.244. The first-order chi connectivity index (χ1) is 14.2. The van der Waals surface area contributed by atoms with Crippen molar-refractivity contribution in [3.05, 3.63) is 77.9 Å². The van der Waals surface area contributed by atoms with E-state index in [0.29, 0.717) is 0 Å². The molecule has 2 aromatic carbocycles. The Morgan fingerprint density at radius 3 is 2.93 bits per heavy atom. The Morgan fingerprint density at radius 2 is 2.10 bits per heavy atom. The Kier molecular flexibility index (Phi) is 6.15. The number of imidazole rings is 1. The molecule has 1 aliphatic heterocycles. The van der Waals surface area contributed by atoms with Crippen LogP contribution in [0.3, 0.4) is 0 Å². The zero-order chi connectivity index (χ0) is 20.1. The van der Waals surface area contributed by atoms with Crippen LogP contribution in [0.4, 0.5) is 0 Å². The van der Waals surface area contributed by atoms with Crippen LogP contribution in [0.1, 0.15) is 30.0 Å². The maximum atomic E-state index is 5.86. The maximum absolute atomic E-state index is 5.86. The topological polar surface area (TPSA) is 39.5 Å². The second-order valence-electron chi connectivity index (χ2n) is 7.75. The summed E-state index contributed by atoms with van der Waals surface area (Å²) in [7, 11) is 1.74. The van der Waals surface area contributed by atoms with Crippen LogP contribution in [0.15, 0.2) is 61.2 Å². The Bertz CT molecular complexity index is 924. The molecule has 1 aliphatic rings. The van der Waals surface area contributed by atoms with E-state index in [1.165, 1.54) is 16.7 Å². The number of fused-ring (bicyclic) bond motifs is 1. The van der Waals surface area contributed by atoms with E-state index in [1.54, 1.807) is 7.11 Å². The van der Waals surface area contributed by atoms with Crippen molar-refractivity contribution < 1.29 is 9.47 Å². The highest BCUT2D eigenvalue weighted by molar-refractivity contribution is 5.40. The Morgan fingerprint density at radius 1 is 1.21 bits per heavy atom. The molecule has 0 spiro atoms. The fourth-order valence-electron chi connectivity index (χ4n) is 4.02. The number of nitrogens with zero attached hydrogens (tertiary/aromatic N) is 3. The van der Waals surface area contributed by atoms with Gasteiger partial charge in [0.05, 0.1) is 13.4 Å². The lowest BCUT2D eigenvalue weighted by Gasteiger charge is -2.24. The number of para-hydroxylation sites is 1. The molecule has 0 bridgehead atoms. The van der Waals surface area contributed by atoms with E-state index in [0.717, 1.165) is 50.5 Å². The van der Waals surface area contributed by atoms with Crippen molar-refractivity contribution in [2.75, 3.05) is 13.7 Å². The second kappa shape index (κ2) is 9.14. The number of aryl methyl sites for hydroxylation is 1. The summed E-state index contributed by atoms with van der Waals surface area (Å²) in [5, 5.41) is 0. The summed E-state index contributed by atoms with van der Waals surface area (Å²) in [5.74, 6) is 1.99. The third-order valence-electron chi connectivity index (χ3n) is 5.40. The van der Waals surface area contributed by atoms with Crippen molar-refractivity contribution in [3.63, 3.8) is 0 Å². The molecule has 1 aromatic heterocycles. The monoisotopic (exact) mass is 391 g/mol. The van der Waals surface area contributed by atoms with E-state index < -0.39 is 0 Å². The standard InChI is InChI=1S/C24H29N3O2/c1-19-14-22-15-20(8-9-24(22)29-19)16-27(12-5-11-26-13-10-25-18-26)17-21-6-3-4-7-23(21)28-2/h3-4,6-10,13,15,18-19H,5,11-12,14,16-17H2,1-2H3/t19-/m1/s1. The van der Waals surface area contributed by atoms with Gasteiger partial charge in [-0.05, 0) is 36.6 Å². The minimum atomic E-state index is 0.278. The smallest absolute Gasteiger partial charge is 0.123 e. The van der Waals surface area contributed by atoms with Gasteiger partial charge in [0.25, 0.3) is 0 Å². The molecule has 0 fully saturated rings. The summed E-state index contributed by atoms with van der Waals surface area (Å²) in [6, 6.07) is 14.9. The van der Waals surface area contributed by atoms with Gasteiger partial charge in [-0.15, -0.1) is 0 Å². The molecule has 3 aromatic rings. The van der Waals surface area contributed by atoms with Gasteiger partial charge in [-0.25, -0.2) is 4.98 Å². The SMILES string of the molecule is COc1ccccc1CN(CCCn1ccnc1)Cc1ccc2c(c1)C[C@@H](C)O2. The van der Waals surface area contributed by atoms with Gasteiger partial charge in [0.1, 0.15) is 17.6 Å².